The minimum Gasteiger partial charge on any atom is -0.465 e. The first-order chi connectivity index (χ1) is 7.10. The number of ether oxygens (including phenoxy) is 1. The molecule has 15 heavy (non-hydrogen) atoms. The van der Waals surface area contributed by atoms with Gasteiger partial charge < -0.3 is 9.94 Å². The van der Waals surface area contributed by atoms with Crippen LogP contribution in [0.5, 0.6) is 0 Å². The largest absolute Gasteiger partial charge is 0.465 e. The Morgan fingerprint density at radius 2 is 2.33 bits per heavy atom. The Morgan fingerprint density at radius 1 is 1.67 bits per heavy atom. The predicted octanol–water partition coefficient (Wildman–Crippen LogP) is 2.07. The van der Waals surface area contributed by atoms with E-state index in [2.05, 4.69) is 9.89 Å². The summed E-state index contributed by atoms with van der Waals surface area (Å²) < 4.78 is 17.6. The van der Waals surface area contributed by atoms with Gasteiger partial charge in [0.1, 0.15) is 5.82 Å². The molecule has 0 unspecified atom stereocenters. The minimum atomic E-state index is -0.783. The van der Waals surface area contributed by atoms with Gasteiger partial charge in [0, 0.05) is 0 Å². The summed E-state index contributed by atoms with van der Waals surface area (Å²) >= 11 is 5.56. The summed E-state index contributed by atoms with van der Waals surface area (Å²) in [6, 6.07) is 2.30. The molecule has 0 aliphatic rings. The molecule has 4 nitrogen and oxygen atoms in total. The van der Waals surface area contributed by atoms with Crippen LogP contribution in [-0.2, 0) is 4.74 Å². The van der Waals surface area contributed by atoms with Crippen LogP contribution in [0.3, 0.4) is 0 Å². The van der Waals surface area contributed by atoms with Gasteiger partial charge >= 0.3 is 5.97 Å². The molecule has 0 heterocycles. The number of halogens is 2. The van der Waals surface area contributed by atoms with E-state index in [0.29, 0.717) is 0 Å². The normalized spacial score (nSPS) is 10.6. The number of hydrogen-bond acceptors (Lipinski definition) is 4. The summed E-state index contributed by atoms with van der Waals surface area (Å²) in [5.41, 5.74) is 0.0915. The lowest BCUT2D eigenvalue weighted by Gasteiger charge is -2.04. The molecule has 0 aliphatic carbocycles. The van der Waals surface area contributed by atoms with Crippen LogP contribution >= 0.6 is 11.6 Å². The molecule has 1 rings (SSSR count). The first-order valence-corrected chi connectivity index (χ1v) is 4.22. The van der Waals surface area contributed by atoms with Crippen molar-refractivity contribution in [2.24, 2.45) is 5.16 Å². The predicted molar refractivity (Wildman–Crippen MR) is 52.1 cm³/mol. The van der Waals surface area contributed by atoms with Crippen molar-refractivity contribution in [3.63, 3.8) is 0 Å². The lowest BCUT2D eigenvalue weighted by molar-refractivity contribution is 0.0600. The van der Waals surface area contributed by atoms with Gasteiger partial charge in [0.05, 0.1) is 23.9 Å². The molecule has 0 saturated carbocycles. The molecule has 1 aromatic rings. The fourth-order valence-electron chi connectivity index (χ4n) is 1.01. The highest BCUT2D eigenvalue weighted by Crippen LogP contribution is 2.22. The number of benzene rings is 1. The average Bonchev–Trinajstić information content (AvgIpc) is 2.22. The fourth-order valence-corrected chi connectivity index (χ4v) is 1.20. The zero-order chi connectivity index (χ0) is 11.4. The molecular weight excluding hydrogens is 225 g/mol. The highest BCUT2D eigenvalue weighted by atomic mass is 35.5. The van der Waals surface area contributed by atoms with Gasteiger partial charge in [-0.05, 0) is 17.7 Å². The number of nitrogens with zero attached hydrogens (tertiary/aromatic N) is 1. The second-order valence-electron chi connectivity index (χ2n) is 2.60. The van der Waals surface area contributed by atoms with Crippen LogP contribution in [0.15, 0.2) is 17.3 Å². The van der Waals surface area contributed by atoms with Crippen LogP contribution in [-0.4, -0.2) is 24.5 Å². The second-order valence-corrected chi connectivity index (χ2v) is 2.98. The van der Waals surface area contributed by atoms with Crippen molar-refractivity contribution in [1.82, 2.24) is 0 Å². The Hall–Kier alpha value is -1.62. The number of oxime groups is 1. The third-order valence-electron chi connectivity index (χ3n) is 1.66. The minimum absolute atomic E-state index is 0.117. The van der Waals surface area contributed by atoms with Gasteiger partial charge in [-0.2, -0.15) is 0 Å². The number of esters is 1. The van der Waals surface area contributed by atoms with Crippen molar-refractivity contribution in [3.8, 4) is 0 Å². The van der Waals surface area contributed by atoms with Gasteiger partial charge in [-0.1, -0.05) is 16.8 Å². The molecule has 0 spiro atoms. The Balaban J connectivity index is 3.30. The molecular formula is C9H7ClFNO3. The van der Waals surface area contributed by atoms with Crippen LogP contribution in [0.1, 0.15) is 15.9 Å². The van der Waals surface area contributed by atoms with E-state index in [1.54, 1.807) is 0 Å². The van der Waals surface area contributed by atoms with E-state index in [1.165, 1.54) is 6.07 Å². The Morgan fingerprint density at radius 3 is 2.87 bits per heavy atom. The number of rotatable bonds is 2. The zero-order valence-corrected chi connectivity index (χ0v) is 8.45. The first-order valence-electron chi connectivity index (χ1n) is 3.85. The number of carbonyl (C=O) groups is 1. The van der Waals surface area contributed by atoms with Crippen LogP contribution in [0.4, 0.5) is 4.39 Å². The third-order valence-corrected chi connectivity index (χ3v) is 2.05. The van der Waals surface area contributed by atoms with Gasteiger partial charge in [0.25, 0.3) is 0 Å². The second kappa shape index (κ2) is 4.75. The monoisotopic (exact) mass is 231 g/mol. The maximum absolute atomic E-state index is 13.2. The molecule has 0 radical (unpaired) electrons. The molecule has 6 heteroatoms. The summed E-state index contributed by atoms with van der Waals surface area (Å²) in [6.45, 7) is 0. The van der Waals surface area contributed by atoms with Crippen LogP contribution < -0.4 is 0 Å². The van der Waals surface area contributed by atoms with Crippen LogP contribution in [0, 0.1) is 5.82 Å². The molecule has 0 atom stereocenters. The van der Waals surface area contributed by atoms with Crippen LogP contribution in [0.2, 0.25) is 5.02 Å². The average molecular weight is 232 g/mol. The zero-order valence-electron chi connectivity index (χ0n) is 7.70. The van der Waals surface area contributed by atoms with E-state index in [9.17, 15) is 9.18 Å². The molecule has 0 amide bonds. The van der Waals surface area contributed by atoms with E-state index < -0.39 is 11.8 Å². The van der Waals surface area contributed by atoms with Crippen molar-refractivity contribution >= 4 is 23.8 Å². The molecule has 0 bridgehead atoms. The summed E-state index contributed by atoms with van der Waals surface area (Å²) in [7, 11) is 1.16. The lowest BCUT2D eigenvalue weighted by atomic mass is 10.1. The summed E-state index contributed by atoms with van der Waals surface area (Å²) in [6.07, 6.45) is 0.978. The fraction of sp³-hybridized carbons (Fsp3) is 0.111. The molecule has 1 aromatic carbocycles. The van der Waals surface area contributed by atoms with Crippen molar-refractivity contribution in [3.05, 3.63) is 34.1 Å². The lowest BCUT2D eigenvalue weighted by Crippen LogP contribution is -2.04. The third kappa shape index (κ3) is 2.44. The van der Waals surface area contributed by atoms with Gasteiger partial charge in [0.2, 0.25) is 0 Å². The van der Waals surface area contributed by atoms with E-state index in [4.69, 9.17) is 16.8 Å². The van der Waals surface area contributed by atoms with Crippen molar-refractivity contribution < 1.29 is 19.1 Å². The van der Waals surface area contributed by atoms with Gasteiger partial charge in [0.15, 0.2) is 0 Å². The maximum Gasteiger partial charge on any atom is 0.339 e. The number of carbonyl (C=O) groups excluding carboxylic acids is 1. The van der Waals surface area contributed by atoms with Gasteiger partial charge in [-0.3, -0.25) is 0 Å². The summed E-state index contributed by atoms with van der Waals surface area (Å²) in [5, 5.41) is 10.7. The summed E-state index contributed by atoms with van der Waals surface area (Å²) in [5.74, 6) is -1.54. The van der Waals surface area contributed by atoms with E-state index in [1.807, 2.05) is 0 Å². The van der Waals surface area contributed by atoms with Crippen molar-refractivity contribution in [2.75, 3.05) is 7.11 Å². The van der Waals surface area contributed by atoms with E-state index in [0.717, 1.165) is 19.4 Å². The highest BCUT2D eigenvalue weighted by Gasteiger charge is 2.15. The standard InChI is InChI=1S/C9H7ClFNO3/c1-15-9(13)6-2-5(4-12-14)3-7(11)8(6)10/h2-4,14H,1H3. The maximum atomic E-state index is 13.2. The smallest absolute Gasteiger partial charge is 0.339 e. The Kier molecular flexibility index (Phi) is 3.62. The van der Waals surface area contributed by atoms with E-state index in [-0.39, 0.29) is 16.1 Å². The topological polar surface area (TPSA) is 58.9 Å². The van der Waals surface area contributed by atoms with Gasteiger partial charge in [-0.15, -0.1) is 0 Å². The Bertz CT molecular complexity index is 420. The van der Waals surface area contributed by atoms with Crippen LogP contribution in [0.25, 0.3) is 0 Å². The van der Waals surface area contributed by atoms with E-state index >= 15 is 0 Å². The SMILES string of the molecule is COC(=O)c1cc(C=NO)cc(F)c1Cl. The highest BCUT2D eigenvalue weighted by molar-refractivity contribution is 6.33. The molecule has 0 fully saturated rings. The molecule has 0 saturated heterocycles. The van der Waals surface area contributed by atoms with Gasteiger partial charge in [-0.25, -0.2) is 9.18 Å². The summed E-state index contributed by atoms with van der Waals surface area (Å²) in [4.78, 5) is 11.2. The van der Waals surface area contributed by atoms with Crippen molar-refractivity contribution in [2.45, 2.75) is 0 Å². The molecule has 0 aromatic heterocycles. The first kappa shape index (κ1) is 11.5. The molecule has 80 valence electrons. The number of hydrogen-bond donors (Lipinski definition) is 1. The molecule has 0 aliphatic heterocycles. The quantitative estimate of drug-likeness (QED) is 0.367. The van der Waals surface area contributed by atoms with Crippen molar-refractivity contribution in [1.29, 1.82) is 0 Å². The number of methoxy groups -OCH3 is 1. The molecule has 1 N–H and O–H groups in total. The Labute approximate surface area is 89.9 Å².